The van der Waals surface area contributed by atoms with Crippen LogP contribution in [0, 0.1) is 0 Å². The van der Waals surface area contributed by atoms with E-state index in [1.807, 2.05) is 0 Å². The standard InChI is InChI=1S/C10H7F3O2.Na.H/c11-10(12,13)8-3-1-2-7(6-8)9(15)4-5-14;;/h1-6,14H;;/q;+1;-1. The van der Waals surface area contributed by atoms with Crippen LogP contribution < -0.4 is 29.6 Å². The summed E-state index contributed by atoms with van der Waals surface area (Å²) in [6.07, 6.45) is -3.20. The molecular weight excluding hydrogens is 232 g/mol. The summed E-state index contributed by atoms with van der Waals surface area (Å²) in [5, 5.41) is 8.30. The van der Waals surface area contributed by atoms with Crippen LogP contribution in [0.4, 0.5) is 13.2 Å². The largest absolute Gasteiger partial charge is 1.00 e. The number of rotatable bonds is 2. The molecule has 0 aromatic heterocycles. The van der Waals surface area contributed by atoms with Gasteiger partial charge in [0.1, 0.15) is 0 Å². The van der Waals surface area contributed by atoms with Crippen LogP contribution in [0.15, 0.2) is 36.6 Å². The van der Waals surface area contributed by atoms with Gasteiger partial charge in [0, 0.05) is 11.6 Å². The zero-order valence-electron chi connectivity index (χ0n) is 9.45. The minimum absolute atomic E-state index is 0. The molecule has 1 N–H and O–H groups in total. The normalized spacial score (nSPS) is 11.2. The first-order chi connectivity index (χ1) is 6.95. The van der Waals surface area contributed by atoms with Crippen LogP contribution in [0.2, 0.25) is 0 Å². The third-order valence-electron chi connectivity index (χ3n) is 1.70. The van der Waals surface area contributed by atoms with Gasteiger partial charge in [-0.05, 0) is 12.1 Å². The summed E-state index contributed by atoms with van der Waals surface area (Å²) in [4.78, 5) is 11.1. The number of allylic oxidation sites excluding steroid dienone is 1. The number of carbonyl (C=O) groups is 1. The molecule has 82 valence electrons. The van der Waals surface area contributed by atoms with Crippen molar-refractivity contribution in [1.29, 1.82) is 0 Å². The van der Waals surface area contributed by atoms with Gasteiger partial charge in [-0.2, -0.15) is 13.2 Å². The molecule has 0 saturated heterocycles. The Morgan fingerprint density at radius 2 is 2.00 bits per heavy atom. The fourth-order valence-electron chi connectivity index (χ4n) is 1.01. The Morgan fingerprint density at radius 3 is 2.50 bits per heavy atom. The molecule has 1 aromatic rings. The van der Waals surface area contributed by atoms with E-state index in [-0.39, 0.29) is 36.5 Å². The minimum atomic E-state index is -4.47. The van der Waals surface area contributed by atoms with Crippen LogP contribution in [0.5, 0.6) is 0 Å². The van der Waals surface area contributed by atoms with E-state index in [0.29, 0.717) is 6.26 Å². The zero-order chi connectivity index (χ0) is 11.5. The topological polar surface area (TPSA) is 37.3 Å². The predicted molar refractivity (Wildman–Crippen MR) is 48.7 cm³/mol. The molecule has 0 aliphatic heterocycles. The van der Waals surface area contributed by atoms with Crippen molar-refractivity contribution in [3.05, 3.63) is 47.7 Å². The second-order valence-corrected chi connectivity index (χ2v) is 2.76. The number of aliphatic hydroxyl groups excluding tert-OH is 1. The molecule has 0 aliphatic carbocycles. The van der Waals surface area contributed by atoms with Gasteiger partial charge in [-0.15, -0.1) is 0 Å². The van der Waals surface area contributed by atoms with Gasteiger partial charge < -0.3 is 6.53 Å². The third-order valence-corrected chi connectivity index (χ3v) is 1.70. The number of carbonyl (C=O) groups excluding carboxylic acids is 1. The quantitative estimate of drug-likeness (QED) is 0.344. The first-order valence-corrected chi connectivity index (χ1v) is 3.97. The number of ketones is 1. The van der Waals surface area contributed by atoms with Crippen molar-refractivity contribution in [3.63, 3.8) is 0 Å². The van der Waals surface area contributed by atoms with Crippen molar-refractivity contribution in [2.75, 3.05) is 0 Å². The van der Waals surface area contributed by atoms with Crippen molar-refractivity contribution >= 4 is 5.78 Å². The van der Waals surface area contributed by atoms with Gasteiger partial charge >= 0.3 is 35.7 Å². The maximum atomic E-state index is 12.2. The molecule has 0 aliphatic rings. The van der Waals surface area contributed by atoms with E-state index in [2.05, 4.69) is 0 Å². The monoisotopic (exact) mass is 240 g/mol. The molecule has 0 saturated carbocycles. The van der Waals surface area contributed by atoms with Crippen molar-refractivity contribution < 1.29 is 54.1 Å². The SMILES string of the molecule is O=C(C=CO)c1cccc(C(F)(F)F)c1.[H-].[Na+]. The molecule has 0 amide bonds. The minimum Gasteiger partial charge on any atom is -1.00 e. The molecule has 0 radical (unpaired) electrons. The van der Waals surface area contributed by atoms with Gasteiger partial charge in [0.05, 0.1) is 11.8 Å². The molecule has 0 bridgehead atoms. The Balaban J connectivity index is 0. The summed E-state index contributed by atoms with van der Waals surface area (Å²) in [5.41, 5.74) is -1.00. The Morgan fingerprint density at radius 1 is 1.38 bits per heavy atom. The van der Waals surface area contributed by atoms with Gasteiger partial charge in [0.15, 0.2) is 5.78 Å². The first kappa shape index (κ1) is 15.2. The summed E-state index contributed by atoms with van der Waals surface area (Å²) < 4.78 is 36.7. The second kappa shape index (κ2) is 6.08. The van der Waals surface area contributed by atoms with E-state index in [4.69, 9.17) is 5.11 Å². The van der Waals surface area contributed by atoms with E-state index >= 15 is 0 Å². The first-order valence-electron chi connectivity index (χ1n) is 3.97. The maximum absolute atomic E-state index is 12.2. The molecule has 0 spiro atoms. The summed E-state index contributed by atoms with van der Waals surface area (Å²) in [5.74, 6) is -0.677. The number of aliphatic hydroxyl groups is 1. The average molecular weight is 240 g/mol. The fraction of sp³-hybridized carbons (Fsp3) is 0.100. The van der Waals surface area contributed by atoms with E-state index in [9.17, 15) is 18.0 Å². The maximum Gasteiger partial charge on any atom is 1.00 e. The van der Waals surface area contributed by atoms with Crippen LogP contribution in [-0.4, -0.2) is 10.9 Å². The van der Waals surface area contributed by atoms with Gasteiger partial charge in [-0.3, -0.25) is 4.79 Å². The number of alkyl halides is 3. The van der Waals surface area contributed by atoms with E-state index < -0.39 is 17.5 Å². The van der Waals surface area contributed by atoms with Gasteiger partial charge in [0.25, 0.3) is 0 Å². The summed E-state index contributed by atoms with van der Waals surface area (Å²) in [6.45, 7) is 0. The molecule has 6 heteroatoms. The van der Waals surface area contributed by atoms with Crippen LogP contribution in [0.25, 0.3) is 0 Å². The van der Waals surface area contributed by atoms with Crippen molar-refractivity contribution in [2.24, 2.45) is 0 Å². The average Bonchev–Trinajstić information content (AvgIpc) is 2.17. The van der Waals surface area contributed by atoms with Crippen molar-refractivity contribution in [1.82, 2.24) is 0 Å². The fourth-order valence-corrected chi connectivity index (χ4v) is 1.01. The van der Waals surface area contributed by atoms with Gasteiger partial charge in [-0.25, -0.2) is 0 Å². The number of hydrogen-bond acceptors (Lipinski definition) is 2. The Hall–Kier alpha value is -0.780. The molecule has 1 aromatic carbocycles. The molecule has 1 rings (SSSR count). The van der Waals surface area contributed by atoms with E-state index in [1.54, 1.807) is 0 Å². The van der Waals surface area contributed by atoms with Crippen molar-refractivity contribution in [3.8, 4) is 0 Å². The number of hydrogen-bond donors (Lipinski definition) is 1. The van der Waals surface area contributed by atoms with Gasteiger partial charge in [-0.1, -0.05) is 12.1 Å². The molecule has 0 heterocycles. The molecule has 0 atom stereocenters. The Bertz CT molecular complexity index is 405. The van der Waals surface area contributed by atoms with E-state index in [1.165, 1.54) is 6.07 Å². The number of halogens is 3. The number of benzene rings is 1. The molecular formula is C10H8F3NaO2. The van der Waals surface area contributed by atoms with Crippen molar-refractivity contribution in [2.45, 2.75) is 6.18 Å². The second-order valence-electron chi connectivity index (χ2n) is 2.76. The van der Waals surface area contributed by atoms with Crippen LogP contribution in [-0.2, 0) is 6.18 Å². The van der Waals surface area contributed by atoms with Gasteiger partial charge in [0.2, 0.25) is 0 Å². The molecule has 0 fully saturated rings. The Labute approximate surface area is 114 Å². The summed E-state index contributed by atoms with van der Waals surface area (Å²) in [7, 11) is 0. The van der Waals surface area contributed by atoms with Crippen LogP contribution in [0.3, 0.4) is 0 Å². The third kappa shape index (κ3) is 4.00. The van der Waals surface area contributed by atoms with Crippen LogP contribution >= 0.6 is 0 Å². The summed E-state index contributed by atoms with van der Waals surface area (Å²) in [6, 6.07) is 4.00. The summed E-state index contributed by atoms with van der Waals surface area (Å²) >= 11 is 0. The smallest absolute Gasteiger partial charge is 1.00 e. The predicted octanol–water partition coefficient (Wildman–Crippen LogP) is 0.0763. The Kier molecular flexibility index (Phi) is 5.78. The van der Waals surface area contributed by atoms with E-state index in [0.717, 1.165) is 24.3 Å². The molecule has 16 heavy (non-hydrogen) atoms. The molecule has 0 unspecified atom stereocenters. The van der Waals surface area contributed by atoms with Crippen LogP contribution in [0.1, 0.15) is 17.3 Å². The molecule has 2 nitrogen and oxygen atoms in total. The zero-order valence-corrected chi connectivity index (χ0v) is 10.5.